The summed E-state index contributed by atoms with van der Waals surface area (Å²) in [4.78, 5) is 17.3. The summed E-state index contributed by atoms with van der Waals surface area (Å²) in [5.41, 5.74) is 2.05. The summed E-state index contributed by atoms with van der Waals surface area (Å²) in [5, 5.41) is 25.2. The van der Waals surface area contributed by atoms with Gasteiger partial charge >= 0.3 is 0 Å². The van der Waals surface area contributed by atoms with E-state index < -0.39 is 0 Å². The second-order valence-corrected chi connectivity index (χ2v) is 4.57. The van der Waals surface area contributed by atoms with Gasteiger partial charge in [-0.2, -0.15) is 5.26 Å². The number of fused-ring (bicyclic) bond motifs is 5. The second-order valence-electron chi connectivity index (χ2n) is 4.57. The van der Waals surface area contributed by atoms with E-state index in [4.69, 9.17) is 20.6 Å². The molecule has 4 rings (SSSR count). The van der Waals surface area contributed by atoms with Gasteiger partial charge in [0.25, 0.3) is 6.26 Å². The normalized spacial score (nSPS) is 8.76. The molecule has 0 saturated carbocycles. The summed E-state index contributed by atoms with van der Waals surface area (Å²) in [6, 6.07) is 16.6. The summed E-state index contributed by atoms with van der Waals surface area (Å²) < 4.78 is 0. The molecule has 2 aromatic carbocycles. The Kier molecular flexibility index (Phi) is 7.88. The van der Waals surface area contributed by atoms with Crippen LogP contribution >= 0.6 is 0 Å². The van der Waals surface area contributed by atoms with Crippen molar-refractivity contribution in [3.63, 3.8) is 0 Å². The maximum Gasteiger partial charge on any atom is 0.283 e. The van der Waals surface area contributed by atoms with Crippen LogP contribution < -0.4 is 0 Å². The number of carbonyl (C=O) groups excluding carboxylic acids is 1. The first-order valence-electron chi connectivity index (χ1n) is 6.82. The van der Waals surface area contributed by atoms with Gasteiger partial charge < -0.3 is 10.5 Å². The van der Waals surface area contributed by atoms with Crippen LogP contribution in [0.4, 0.5) is 0 Å². The fourth-order valence-corrected chi connectivity index (χ4v) is 2.49. The first kappa shape index (κ1) is 19.9. The Balaban J connectivity index is 0.000000398. The Morgan fingerprint density at radius 2 is 1.24 bits per heavy atom. The van der Waals surface area contributed by atoms with Crippen molar-refractivity contribution >= 4 is 38.7 Å². The molecule has 0 radical (unpaired) electrons. The molecule has 126 valence electrons. The van der Waals surface area contributed by atoms with E-state index in [1.807, 2.05) is 24.5 Å². The maximum atomic E-state index is 8.24. The van der Waals surface area contributed by atoms with E-state index in [2.05, 4.69) is 46.4 Å². The number of pyridine rings is 2. The molecule has 0 unspecified atom stereocenters. The molecule has 2 aromatic heterocycles. The Bertz CT molecular complexity index is 1000. The van der Waals surface area contributed by atoms with E-state index in [0.717, 1.165) is 33.4 Å². The predicted molar refractivity (Wildman–Crippen MR) is 91.2 cm³/mol. The Hall–Kier alpha value is -3.12. The van der Waals surface area contributed by atoms with Crippen molar-refractivity contribution in [1.29, 1.82) is 5.26 Å². The summed E-state index contributed by atoms with van der Waals surface area (Å²) >= 11 is 0. The van der Waals surface area contributed by atoms with Crippen LogP contribution in [-0.2, 0) is 25.9 Å². The van der Waals surface area contributed by atoms with Crippen molar-refractivity contribution in [3.05, 3.63) is 66.3 Å². The Morgan fingerprint density at radius 1 is 0.880 bits per heavy atom. The number of rotatable bonds is 0. The number of hydrogen-bond acceptors (Lipinski definition) is 5. The van der Waals surface area contributed by atoms with Crippen LogP contribution in [0.5, 0.6) is 0 Å². The van der Waals surface area contributed by atoms with Crippen molar-refractivity contribution in [3.8, 4) is 6.26 Å². The fourth-order valence-electron chi connectivity index (χ4n) is 2.49. The van der Waals surface area contributed by atoms with E-state index in [1.165, 1.54) is 5.39 Å². The van der Waals surface area contributed by atoms with Crippen molar-refractivity contribution in [2.45, 2.75) is 0 Å². The first-order chi connectivity index (χ1) is 11.8. The number of hydrogen-bond donors (Lipinski definition) is 1. The topological polar surface area (TPSA) is 109 Å². The molecule has 0 aliphatic carbocycles. The molecular weight excluding hydrogens is 499 g/mol. The largest absolute Gasteiger partial charge is 0.724 e. The van der Waals surface area contributed by atoms with E-state index in [-0.39, 0.29) is 21.1 Å². The van der Waals surface area contributed by atoms with Gasteiger partial charge in [-0.15, -0.1) is 0 Å². The minimum absolute atomic E-state index is 0. The smallest absolute Gasteiger partial charge is 0.283 e. The molecule has 0 bridgehead atoms. The summed E-state index contributed by atoms with van der Waals surface area (Å²) in [7, 11) is 0. The van der Waals surface area contributed by atoms with Gasteiger partial charge in [0, 0.05) is 49.6 Å². The molecular formula is C18H11N4O2Pt-. The van der Waals surface area contributed by atoms with Crippen LogP contribution in [0.15, 0.2) is 60.9 Å². The molecule has 25 heavy (non-hydrogen) atoms. The molecule has 0 saturated heterocycles. The average Bonchev–Trinajstić information content (AvgIpc) is 2.62. The molecule has 4 aromatic rings. The van der Waals surface area contributed by atoms with Crippen molar-refractivity contribution in [2.24, 2.45) is 0 Å². The average molecular weight is 510 g/mol. The van der Waals surface area contributed by atoms with Gasteiger partial charge in [0.15, 0.2) is 0 Å². The van der Waals surface area contributed by atoms with Crippen molar-refractivity contribution in [1.82, 2.24) is 9.97 Å². The molecule has 0 fully saturated rings. The minimum atomic E-state index is 0. The van der Waals surface area contributed by atoms with Gasteiger partial charge in [-0.3, -0.25) is 14.8 Å². The molecule has 0 aliphatic rings. The van der Waals surface area contributed by atoms with E-state index in [9.17, 15) is 0 Å². The summed E-state index contributed by atoms with van der Waals surface area (Å²) in [6.07, 6.45) is 4.92. The fraction of sp³-hybridized carbons (Fsp3) is 0. The molecule has 7 heteroatoms. The second kappa shape index (κ2) is 9.89. The summed E-state index contributed by atoms with van der Waals surface area (Å²) in [5.74, 6) is 0. The van der Waals surface area contributed by atoms with Gasteiger partial charge in [-0.05, 0) is 23.6 Å². The third-order valence-electron chi connectivity index (χ3n) is 3.33. The van der Waals surface area contributed by atoms with Gasteiger partial charge in [0.1, 0.15) is 0 Å². The number of aliphatic hydroxyl groups excluding tert-OH is 1. The van der Waals surface area contributed by atoms with E-state index >= 15 is 0 Å². The molecule has 2 heterocycles. The zero-order valence-corrected chi connectivity index (χ0v) is 15.0. The first-order valence-corrected chi connectivity index (χ1v) is 6.82. The molecule has 0 amide bonds. The number of nitrogens with zero attached hydrogens (tertiary/aromatic N) is 4. The molecule has 1 N–H and O–H groups in total. The zero-order valence-electron chi connectivity index (χ0n) is 12.7. The standard InChI is InChI=1S/C16H10N2.CHNO.CNO.Pt/c1-3-12-7-5-11-6-8-13-4-2-10-18-16(13)14(11)15(12)17-9-1;2*2-1-3;/h1-10H;3H;;/q;;-1;. The number of benzene rings is 2. The van der Waals surface area contributed by atoms with Crippen molar-refractivity contribution < 1.29 is 31.0 Å². The monoisotopic (exact) mass is 510 g/mol. The number of aromatic nitrogens is 2. The quantitative estimate of drug-likeness (QED) is 0.168. The van der Waals surface area contributed by atoms with E-state index in [1.54, 1.807) is 0 Å². The van der Waals surface area contributed by atoms with Gasteiger partial charge in [0.2, 0.25) is 0 Å². The SMILES string of the molecule is N#CO.[N-]=C=O.[Pt].c1cnc2c(c1)ccc1ccc3cccnc3c12. The maximum absolute atomic E-state index is 8.24. The van der Waals surface area contributed by atoms with Gasteiger partial charge in [-0.1, -0.05) is 36.4 Å². The Morgan fingerprint density at radius 3 is 1.64 bits per heavy atom. The minimum Gasteiger partial charge on any atom is -0.724 e. The van der Waals surface area contributed by atoms with Crippen LogP contribution in [-0.4, -0.2) is 21.2 Å². The molecule has 0 aliphatic heterocycles. The third-order valence-corrected chi connectivity index (χ3v) is 3.33. The summed E-state index contributed by atoms with van der Waals surface area (Å²) in [6.45, 7) is 0. The number of nitriles is 1. The van der Waals surface area contributed by atoms with Crippen LogP contribution in [0.2, 0.25) is 0 Å². The third kappa shape index (κ3) is 4.45. The molecule has 6 nitrogen and oxygen atoms in total. The van der Waals surface area contributed by atoms with E-state index in [0.29, 0.717) is 6.08 Å². The van der Waals surface area contributed by atoms with Gasteiger partial charge in [-0.25, -0.2) is 0 Å². The van der Waals surface area contributed by atoms with Crippen molar-refractivity contribution in [2.75, 3.05) is 0 Å². The predicted octanol–water partition coefficient (Wildman–Crippen LogP) is 3.67. The molecule has 0 spiro atoms. The molecule has 0 atom stereocenters. The number of isocyanates is 1. The van der Waals surface area contributed by atoms with Gasteiger partial charge in [0.05, 0.1) is 11.0 Å². The Labute approximate surface area is 157 Å². The van der Waals surface area contributed by atoms with Crippen LogP contribution in [0, 0.1) is 11.5 Å². The van der Waals surface area contributed by atoms with Crippen LogP contribution in [0.25, 0.3) is 38.0 Å². The number of aliphatic hydroxyl groups is 1. The van der Waals surface area contributed by atoms with Crippen LogP contribution in [0.1, 0.15) is 0 Å². The van der Waals surface area contributed by atoms with Crippen LogP contribution in [0.3, 0.4) is 0 Å². The zero-order chi connectivity index (χ0) is 17.4.